The number of halogens is 1. The Kier molecular flexibility index (Phi) is 3.79. The summed E-state index contributed by atoms with van der Waals surface area (Å²) < 4.78 is 0. The van der Waals surface area contributed by atoms with Crippen molar-refractivity contribution in [3.05, 3.63) is 34.9 Å². The van der Waals surface area contributed by atoms with Crippen molar-refractivity contribution in [2.45, 2.75) is 44.6 Å². The molecule has 3 rings (SSSR count). The van der Waals surface area contributed by atoms with E-state index in [-0.39, 0.29) is 5.91 Å². The lowest BCUT2D eigenvalue weighted by atomic mass is 9.95. The summed E-state index contributed by atoms with van der Waals surface area (Å²) in [7, 11) is 0. The van der Waals surface area contributed by atoms with E-state index < -0.39 is 0 Å². The molecular weight excluding hydrogens is 258 g/mol. The van der Waals surface area contributed by atoms with Crippen LogP contribution in [0.1, 0.15) is 37.7 Å². The Morgan fingerprint density at radius 1 is 1.21 bits per heavy atom. The summed E-state index contributed by atoms with van der Waals surface area (Å²) in [6, 6.07) is 8.20. The standard InChI is InChI=1S/C16H20ClNO/c17-14-6-2-11(3-7-14)4-8-16(19)18-15-10-12-1-5-13(15)9-12/h2-3,6-7,12-13,15H,1,4-5,8-10H2,(H,18,19)/t12-,13-,15-/m1/s1. The second-order valence-corrected chi connectivity index (χ2v) is 6.41. The quantitative estimate of drug-likeness (QED) is 0.895. The van der Waals surface area contributed by atoms with Gasteiger partial charge in [0.15, 0.2) is 0 Å². The van der Waals surface area contributed by atoms with Crippen molar-refractivity contribution in [1.29, 1.82) is 0 Å². The molecule has 1 aromatic carbocycles. The Balaban J connectivity index is 1.45. The number of carbonyl (C=O) groups excluding carboxylic acids is 1. The molecule has 3 heteroatoms. The molecule has 1 amide bonds. The van der Waals surface area contributed by atoms with Gasteiger partial charge < -0.3 is 5.32 Å². The van der Waals surface area contributed by atoms with Crippen LogP contribution in [0.25, 0.3) is 0 Å². The van der Waals surface area contributed by atoms with Gasteiger partial charge in [-0.2, -0.15) is 0 Å². The molecule has 2 aliphatic rings. The molecule has 0 aromatic heterocycles. The van der Waals surface area contributed by atoms with E-state index in [2.05, 4.69) is 5.32 Å². The summed E-state index contributed by atoms with van der Waals surface area (Å²) in [6.45, 7) is 0. The number of aryl methyl sites for hydroxylation is 1. The van der Waals surface area contributed by atoms with Crippen LogP contribution in [0.4, 0.5) is 0 Å². The first kappa shape index (κ1) is 13.0. The fourth-order valence-electron chi connectivity index (χ4n) is 3.61. The minimum Gasteiger partial charge on any atom is -0.353 e. The van der Waals surface area contributed by atoms with E-state index in [0.29, 0.717) is 12.5 Å². The van der Waals surface area contributed by atoms with E-state index in [1.165, 1.54) is 31.2 Å². The Morgan fingerprint density at radius 3 is 2.63 bits per heavy atom. The van der Waals surface area contributed by atoms with Crippen LogP contribution >= 0.6 is 11.6 Å². The van der Waals surface area contributed by atoms with Crippen LogP contribution in [0.15, 0.2) is 24.3 Å². The fraction of sp³-hybridized carbons (Fsp3) is 0.562. The predicted octanol–water partition coefficient (Wildman–Crippen LogP) is 3.58. The molecule has 2 bridgehead atoms. The van der Waals surface area contributed by atoms with Crippen molar-refractivity contribution in [1.82, 2.24) is 5.32 Å². The van der Waals surface area contributed by atoms with Crippen molar-refractivity contribution in [2.24, 2.45) is 11.8 Å². The number of rotatable bonds is 4. The van der Waals surface area contributed by atoms with E-state index in [1.54, 1.807) is 0 Å². The van der Waals surface area contributed by atoms with Gasteiger partial charge in [0, 0.05) is 17.5 Å². The molecule has 0 spiro atoms. The van der Waals surface area contributed by atoms with Gasteiger partial charge in [0.2, 0.25) is 5.91 Å². The second-order valence-electron chi connectivity index (χ2n) is 5.98. The molecule has 0 radical (unpaired) electrons. The van der Waals surface area contributed by atoms with Gasteiger partial charge in [0.25, 0.3) is 0 Å². The predicted molar refractivity (Wildman–Crippen MR) is 77.2 cm³/mol. The second kappa shape index (κ2) is 5.54. The highest BCUT2D eigenvalue weighted by molar-refractivity contribution is 6.30. The number of nitrogens with one attached hydrogen (secondary N) is 1. The van der Waals surface area contributed by atoms with Gasteiger partial charge in [-0.15, -0.1) is 0 Å². The summed E-state index contributed by atoms with van der Waals surface area (Å²) >= 11 is 5.84. The molecule has 102 valence electrons. The van der Waals surface area contributed by atoms with Crippen LogP contribution in [0.5, 0.6) is 0 Å². The molecule has 0 heterocycles. The third-order valence-electron chi connectivity index (χ3n) is 4.64. The molecule has 0 unspecified atom stereocenters. The van der Waals surface area contributed by atoms with Crippen LogP contribution in [-0.4, -0.2) is 11.9 Å². The van der Waals surface area contributed by atoms with Gasteiger partial charge in [0.1, 0.15) is 0 Å². The van der Waals surface area contributed by atoms with Crippen LogP contribution in [-0.2, 0) is 11.2 Å². The zero-order valence-corrected chi connectivity index (χ0v) is 11.8. The average Bonchev–Trinajstić information content (AvgIpc) is 3.00. The third-order valence-corrected chi connectivity index (χ3v) is 4.89. The Labute approximate surface area is 119 Å². The van der Waals surface area contributed by atoms with Gasteiger partial charge in [-0.05, 0) is 55.2 Å². The highest BCUT2D eigenvalue weighted by Gasteiger charge is 2.39. The van der Waals surface area contributed by atoms with E-state index in [1.807, 2.05) is 24.3 Å². The van der Waals surface area contributed by atoms with Crippen molar-refractivity contribution < 1.29 is 4.79 Å². The van der Waals surface area contributed by atoms with Crippen LogP contribution in [0, 0.1) is 11.8 Å². The maximum atomic E-state index is 12.0. The maximum Gasteiger partial charge on any atom is 0.220 e. The van der Waals surface area contributed by atoms with Gasteiger partial charge in [-0.3, -0.25) is 4.79 Å². The normalized spacial score (nSPS) is 28.6. The molecule has 2 nitrogen and oxygen atoms in total. The number of carbonyl (C=O) groups is 1. The number of hydrogen-bond acceptors (Lipinski definition) is 1. The Bertz CT molecular complexity index is 456. The first-order chi connectivity index (χ1) is 9.20. The van der Waals surface area contributed by atoms with Crippen molar-refractivity contribution >= 4 is 17.5 Å². The third kappa shape index (κ3) is 3.11. The summed E-state index contributed by atoms with van der Waals surface area (Å²) in [5.74, 6) is 1.84. The topological polar surface area (TPSA) is 29.1 Å². The zero-order valence-electron chi connectivity index (χ0n) is 11.1. The van der Waals surface area contributed by atoms with Gasteiger partial charge >= 0.3 is 0 Å². The minimum atomic E-state index is 0.201. The minimum absolute atomic E-state index is 0.201. The number of benzene rings is 1. The van der Waals surface area contributed by atoms with Gasteiger partial charge in [-0.1, -0.05) is 30.2 Å². The van der Waals surface area contributed by atoms with Crippen LogP contribution < -0.4 is 5.32 Å². The lowest BCUT2D eigenvalue weighted by Gasteiger charge is -2.22. The van der Waals surface area contributed by atoms with Crippen LogP contribution in [0.2, 0.25) is 5.02 Å². The smallest absolute Gasteiger partial charge is 0.220 e. The lowest BCUT2D eigenvalue weighted by Crippen LogP contribution is -2.38. The number of fused-ring (bicyclic) bond motifs is 2. The summed E-state index contributed by atoms with van der Waals surface area (Å²) in [6.07, 6.45) is 6.60. The van der Waals surface area contributed by atoms with Crippen molar-refractivity contribution in [2.75, 3.05) is 0 Å². The molecule has 3 atom stereocenters. The molecule has 2 saturated carbocycles. The molecule has 19 heavy (non-hydrogen) atoms. The fourth-order valence-corrected chi connectivity index (χ4v) is 3.74. The summed E-state index contributed by atoms with van der Waals surface area (Å²) in [5, 5.41) is 3.97. The van der Waals surface area contributed by atoms with Gasteiger partial charge in [0.05, 0.1) is 0 Å². The van der Waals surface area contributed by atoms with Crippen molar-refractivity contribution in [3.8, 4) is 0 Å². The highest BCUT2D eigenvalue weighted by Crippen LogP contribution is 2.44. The monoisotopic (exact) mass is 277 g/mol. The highest BCUT2D eigenvalue weighted by atomic mass is 35.5. The molecule has 1 aromatic rings. The molecule has 2 aliphatic carbocycles. The molecule has 2 fully saturated rings. The summed E-state index contributed by atoms with van der Waals surface area (Å²) in [4.78, 5) is 12.0. The molecule has 1 N–H and O–H groups in total. The SMILES string of the molecule is O=C(CCc1ccc(Cl)cc1)N[C@@H]1C[C@@H]2CC[C@@H]1C2. The molecule has 0 aliphatic heterocycles. The Morgan fingerprint density at radius 2 is 2.00 bits per heavy atom. The van der Waals surface area contributed by atoms with Crippen LogP contribution in [0.3, 0.4) is 0 Å². The first-order valence-electron chi connectivity index (χ1n) is 7.24. The Hall–Kier alpha value is -1.02. The zero-order chi connectivity index (χ0) is 13.2. The number of hydrogen-bond donors (Lipinski definition) is 1. The van der Waals surface area contributed by atoms with Gasteiger partial charge in [-0.25, -0.2) is 0 Å². The van der Waals surface area contributed by atoms with E-state index in [9.17, 15) is 4.79 Å². The summed E-state index contributed by atoms with van der Waals surface area (Å²) in [5.41, 5.74) is 1.17. The number of amides is 1. The lowest BCUT2D eigenvalue weighted by molar-refractivity contribution is -0.122. The first-order valence-corrected chi connectivity index (χ1v) is 7.62. The van der Waals surface area contributed by atoms with E-state index >= 15 is 0 Å². The van der Waals surface area contributed by atoms with Crippen molar-refractivity contribution in [3.63, 3.8) is 0 Å². The van der Waals surface area contributed by atoms with E-state index in [0.717, 1.165) is 23.3 Å². The molecular formula is C16H20ClNO. The van der Waals surface area contributed by atoms with E-state index in [4.69, 9.17) is 11.6 Å². The molecule has 0 saturated heterocycles. The largest absolute Gasteiger partial charge is 0.353 e. The average molecular weight is 278 g/mol. The maximum absolute atomic E-state index is 12.0.